The summed E-state index contributed by atoms with van der Waals surface area (Å²) in [6.45, 7) is 0.438. The summed E-state index contributed by atoms with van der Waals surface area (Å²) in [5, 5.41) is 6.56. The van der Waals surface area contributed by atoms with Crippen LogP contribution in [0.3, 0.4) is 0 Å². The van der Waals surface area contributed by atoms with E-state index in [0.717, 1.165) is 17.8 Å². The lowest BCUT2D eigenvalue weighted by Gasteiger charge is -2.30. The van der Waals surface area contributed by atoms with Crippen LogP contribution in [0.15, 0.2) is 29.2 Å². The number of nitrogens with one attached hydrogen (secondary N) is 1. The summed E-state index contributed by atoms with van der Waals surface area (Å²) >= 11 is 0. The van der Waals surface area contributed by atoms with Crippen molar-refractivity contribution in [3.05, 3.63) is 47.3 Å². The lowest BCUT2D eigenvalue weighted by atomic mass is 9.94. The molecule has 1 aromatic carbocycles. The fraction of sp³-hybridized carbons (Fsp3) is 0.333. The fourth-order valence-corrected chi connectivity index (χ4v) is 4.35. The molecule has 134 valence electrons. The number of aromatic amines is 1. The Bertz CT molecular complexity index is 905. The van der Waals surface area contributed by atoms with Gasteiger partial charge in [-0.1, -0.05) is 0 Å². The number of halogens is 2. The largest absolute Gasteiger partial charge is 0.364 e. The van der Waals surface area contributed by atoms with Crippen molar-refractivity contribution in [2.45, 2.75) is 23.7 Å². The van der Waals surface area contributed by atoms with E-state index < -0.39 is 27.6 Å². The smallest absolute Gasteiger partial charge is 0.269 e. The summed E-state index contributed by atoms with van der Waals surface area (Å²) in [7, 11) is -3.89. The van der Waals surface area contributed by atoms with Crippen LogP contribution in [0.4, 0.5) is 8.78 Å². The predicted molar refractivity (Wildman–Crippen MR) is 84.2 cm³/mol. The molecule has 0 spiro atoms. The van der Waals surface area contributed by atoms with Crippen LogP contribution in [0, 0.1) is 11.6 Å². The van der Waals surface area contributed by atoms with Crippen LogP contribution in [0.1, 0.15) is 34.9 Å². The van der Waals surface area contributed by atoms with Gasteiger partial charge in [-0.05, 0) is 37.1 Å². The molecule has 2 heterocycles. The van der Waals surface area contributed by atoms with Gasteiger partial charge in [0.1, 0.15) is 5.69 Å². The van der Waals surface area contributed by atoms with Crippen LogP contribution in [0.5, 0.6) is 0 Å². The topological polar surface area (TPSA) is 109 Å². The zero-order valence-corrected chi connectivity index (χ0v) is 13.9. The molecule has 10 heteroatoms. The Kier molecular flexibility index (Phi) is 4.56. The quantitative estimate of drug-likeness (QED) is 0.847. The minimum atomic E-state index is -3.89. The molecular formula is C15H16F2N4O3S. The van der Waals surface area contributed by atoms with E-state index in [-0.39, 0.29) is 29.6 Å². The van der Waals surface area contributed by atoms with Gasteiger partial charge in [0, 0.05) is 24.7 Å². The highest BCUT2D eigenvalue weighted by Gasteiger charge is 2.31. The minimum absolute atomic E-state index is 0.0111. The van der Waals surface area contributed by atoms with E-state index in [0.29, 0.717) is 18.9 Å². The lowest BCUT2D eigenvalue weighted by molar-refractivity contribution is 0.0995. The standard InChI is InChI=1S/C15H16F2N4O3S/c16-11-2-1-10(7-12(11)17)25(23,24)21-5-3-9(4-6-21)13-8-14(15(18)22)20-19-13/h1-2,7-9H,3-6H2,(H2,18,22)(H,19,20). The molecule has 0 radical (unpaired) electrons. The van der Waals surface area contributed by atoms with Gasteiger partial charge in [-0.3, -0.25) is 9.89 Å². The third-order valence-corrected chi connectivity index (χ3v) is 6.17. The Morgan fingerprint density at radius 1 is 1.20 bits per heavy atom. The van der Waals surface area contributed by atoms with Gasteiger partial charge in [-0.2, -0.15) is 9.40 Å². The second kappa shape index (κ2) is 6.52. The molecule has 7 nitrogen and oxygen atoms in total. The van der Waals surface area contributed by atoms with Crippen LogP contribution in [0.25, 0.3) is 0 Å². The van der Waals surface area contributed by atoms with Crippen molar-refractivity contribution in [1.29, 1.82) is 0 Å². The van der Waals surface area contributed by atoms with Gasteiger partial charge >= 0.3 is 0 Å². The number of amides is 1. The van der Waals surface area contributed by atoms with Crippen LogP contribution < -0.4 is 5.73 Å². The van der Waals surface area contributed by atoms with E-state index in [2.05, 4.69) is 10.2 Å². The number of piperidine rings is 1. The molecule has 3 N–H and O–H groups in total. The van der Waals surface area contributed by atoms with Crippen LogP contribution in [-0.2, 0) is 10.0 Å². The number of nitrogens with zero attached hydrogens (tertiary/aromatic N) is 2. The molecule has 1 fully saturated rings. The van der Waals surface area contributed by atoms with Gasteiger partial charge < -0.3 is 5.73 Å². The van der Waals surface area contributed by atoms with E-state index in [4.69, 9.17) is 5.73 Å². The highest BCUT2D eigenvalue weighted by molar-refractivity contribution is 7.89. The third-order valence-electron chi connectivity index (χ3n) is 4.27. The van der Waals surface area contributed by atoms with Gasteiger partial charge in [0.2, 0.25) is 10.0 Å². The maximum Gasteiger partial charge on any atom is 0.269 e. The Hall–Kier alpha value is -2.33. The first-order valence-electron chi connectivity index (χ1n) is 7.59. The fourth-order valence-electron chi connectivity index (χ4n) is 2.87. The second-order valence-corrected chi connectivity index (χ2v) is 7.76. The lowest BCUT2D eigenvalue weighted by Crippen LogP contribution is -2.38. The van der Waals surface area contributed by atoms with Crippen LogP contribution in [-0.4, -0.2) is 41.9 Å². The van der Waals surface area contributed by atoms with Crippen molar-refractivity contribution >= 4 is 15.9 Å². The van der Waals surface area contributed by atoms with Crippen molar-refractivity contribution in [3.63, 3.8) is 0 Å². The molecule has 0 atom stereocenters. The zero-order chi connectivity index (χ0) is 18.2. The average molecular weight is 370 g/mol. The summed E-state index contributed by atoms with van der Waals surface area (Å²) in [5.74, 6) is -2.92. The number of hydrogen-bond acceptors (Lipinski definition) is 4. The zero-order valence-electron chi connectivity index (χ0n) is 13.1. The normalized spacial score (nSPS) is 16.9. The molecule has 1 aliphatic rings. The van der Waals surface area contributed by atoms with Gasteiger partial charge in [0.15, 0.2) is 11.6 Å². The maximum atomic E-state index is 13.3. The molecule has 1 aliphatic heterocycles. The number of carbonyl (C=O) groups excluding carboxylic acids is 1. The summed E-state index contributed by atoms with van der Waals surface area (Å²) in [6, 6.07) is 4.09. The molecule has 3 rings (SSSR count). The molecule has 2 aromatic rings. The average Bonchev–Trinajstić information content (AvgIpc) is 3.08. The number of benzene rings is 1. The molecule has 0 saturated carbocycles. The number of sulfonamides is 1. The molecule has 1 saturated heterocycles. The number of hydrogen-bond donors (Lipinski definition) is 2. The first-order chi connectivity index (χ1) is 11.8. The van der Waals surface area contributed by atoms with Crippen molar-refractivity contribution in [3.8, 4) is 0 Å². The van der Waals surface area contributed by atoms with Gasteiger partial charge in [-0.15, -0.1) is 0 Å². The van der Waals surface area contributed by atoms with Gasteiger partial charge in [0.25, 0.3) is 5.91 Å². The monoisotopic (exact) mass is 370 g/mol. The SMILES string of the molecule is NC(=O)c1cc(C2CCN(S(=O)(=O)c3ccc(F)c(F)c3)CC2)[nH]n1. The molecule has 1 aromatic heterocycles. The molecule has 0 bridgehead atoms. The van der Waals surface area contributed by atoms with Gasteiger partial charge in [-0.25, -0.2) is 17.2 Å². The van der Waals surface area contributed by atoms with Crippen molar-refractivity contribution in [2.75, 3.05) is 13.1 Å². The summed E-state index contributed by atoms with van der Waals surface area (Å²) in [6.07, 6.45) is 1.01. The predicted octanol–water partition coefficient (Wildman–Crippen LogP) is 1.36. The number of H-pyrrole nitrogens is 1. The van der Waals surface area contributed by atoms with Crippen LogP contribution >= 0.6 is 0 Å². The second-order valence-electron chi connectivity index (χ2n) is 5.83. The van der Waals surface area contributed by atoms with E-state index in [9.17, 15) is 22.0 Å². The highest BCUT2D eigenvalue weighted by atomic mass is 32.2. The molecule has 25 heavy (non-hydrogen) atoms. The Balaban J connectivity index is 1.72. The number of primary amides is 1. The number of carbonyl (C=O) groups is 1. The molecule has 1 amide bonds. The Morgan fingerprint density at radius 3 is 2.44 bits per heavy atom. The molecule has 0 aliphatic carbocycles. The third kappa shape index (κ3) is 3.40. The minimum Gasteiger partial charge on any atom is -0.364 e. The van der Waals surface area contributed by atoms with E-state index in [1.165, 1.54) is 4.31 Å². The van der Waals surface area contributed by atoms with E-state index >= 15 is 0 Å². The number of rotatable bonds is 4. The molecule has 0 unspecified atom stereocenters. The Labute approximate surface area is 142 Å². The summed E-state index contributed by atoms with van der Waals surface area (Å²) in [5.41, 5.74) is 6.01. The first-order valence-corrected chi connectivity index (χ1v) is 9.03. The van der Waals surface area contributed by atoms with Gasteiger partial charge in [0.05, 0.1) is 4.90 Å². The maximum absolute atomic E-state index is 13.3. The van der Waals surface area contributed by atoms with Crippen LogP contribution in [0.2, 0.25) is 0 Å². The summed E-state index contributed by atoms with van der Waals surface area (Å²) in [4.78, 5) is 10.8. The number of aromatic nitrogens is 2. The molecular weight excluding hydrogens is 354 g/mol. The number of nitrogens with two attached hydrogens (primary N) is 1. The Morgan fingerprint density at radius 2 is 1.88 bits per heavy atom. The first kappa shape index (κ1) is 17.5. The van der Waals surface area contributed by atoms with E-state index in [1.54, 1.807) is 6.07 Å². The van der Waals surface area contributed by atoms with Crippen molar-refractivity contribution in [1.82, 2.24) is 14.5 Å². The van der Waals surface area contributed by atoms with Crippen molar-refractivity contribution < 1.29 is 22.0 Å². The van der Waals surface area contributed by atoms with Crippen molar-refractivity contribution in [2.24, 2.45) is 5.73 Å². The summed E-state index contributed by atoms with van der Waals surface area (Å²) < 4.78 is 52.6. The van der Waals surface area contributed by atoms with E-state index in [1.807, 2.05) is 0 Å². The highest BCUT2D eigenvalue weighted by Crippen LogP contribution is 2.30.